The van der Waals surface area contributed by atoms with Crippen molar-refractivity contribution >= 4 is 17.2 Å². The van der Waals surface area contributed by atoms with E-state index in [1.54, 1.807) is 4.68 Å². The first-order valence-electron chi connectivity index (χ1n) is 10.1. The van der Waals surface area contributed by atoms with Crippen LogP contribution in [0.3, 0.4) is 0 Å². The SMILES string of the molecule is O=C(NCCc1cc(F)cc2c1OCOC2)c1nc(-c2cccs2)n(-c2ccccc2)n1. The van der Waals surface area contributed by atoms with E-state index in [0.717, 1.165) is 10.6 Å². The lowest BCUT2D eigenvalue weighted by Crippen LogP contribution is -2.27. The van der Waals surface area contributed by atoms with Gasteiger partial charge in [0.1, 0.15) is 11.6 Å². The number of para-hydroxylation sites is 1. The zero-order valence-corrected chi connectivity index (χ0v) is 17.8. The minimum atomic E-state index is -0.396. The van der Waals surface area contributed by atoms with E-state index < -0.39 is 5.91 Å². The molecule has 162 valence electrons. The first-order chi connectivity index (χ1) is 15.7. The maximum Gasteiger partial charge on any atom is 0.291 e. The van der Waals surface area contributed by atoms with Gasteiger partial charge in [0, 0.05) is 12.1 Å². The minimum Gasteiger partial charge on any atom is -0.467 e. The van der Waals surface area contributed by atoms with Crippen LogP contribution in [0.15, 0.2) is 60.0 Å². The standard InChI is InChI=1S/C23H19FN4O3S/c24-17-11-15(20-16(12-17)13-30-14-31-20)8-9-25-23(29)21-26-22(19-7-4-10-32-19)28(27-21)18-5-2-1-3-6-18/h1-7,10-12H,8-9,13-14H2,(H,25,29). The van der Waals surface area contributed by atoms with E-state index in [-0.39, 0.29) is 25.0 Å². The number of carbonyl (C=O) groups excluding carboxylic acids is 1. The van der Waals surface area contributed by atoms with Crippen LogP contribution in [0.4, 0.5) is 4.39 Å². The number of carbonyl (C=O) groups is 1. The quantitative estimate of drug-likeness (QED) is 0.481. The molecular weight excluding hydrogens is 431 g/mol. The van der Waals surface area contributed by atoms with Crippen LogP contribution in [0.5, 0.6) is 5.75 Å². The zero-order chi connectivity index (χ0) is 21.9. The van der Waals surface area contributed by atoms with E-state index in [1.165, 1.54) is 23.5 Å². The second-order valence-electron chi connectivity index (χ2n) is 7.15. The van der Waals surface area contributed by atoms with Crippen molar-refractivity contribution in [1.82, 2.24) is 20.1 Å². The second-order valence-corrected chi connectivity index (χ2v) is 8.10. The van der Waals surface area contributed by atoms with Crippen molar-refractivity contribution in [2.45, 2.75) is 13.0 Å². The fourth-order valence-electron chi connectivity index (χ4n) is 3.55. The van der Waals surface area contributed by atoms with Gasteiger partial charge in [-0.2, -0.15) is 0 Å². The molecule has 0 bridgehead atoms. The number of amides is 1. The number of aromatic nitrogens is 3. The van der Waals surface area contributed by atoms with Crippen LogP contribution in [-0.2, 0) is 17.8 Å². The summed E-state index contributed by atoms with van der Waals surface area (Å²) in [7, 11) is 0. The van der Waals surface area contributed by atoms with Crippen molar-refractivity contribution in [2.24, 2.45) is 0 Å². The third-order valence-electron chi connectivity index (χ3n) is 4.98. The number of benzene rings is 2. The van der Waals surface area contributed by atoms with Crippen molar-refractivity contribution in [3.8, 4) is 22.1 Å². The molecule has 7 nitrogen and oxygen atoms in total. The Morgan fingerprint density at radius 1 is 1.19 bits per heavy atom. The maximum absolute atomic E-state index is 13.9. The molecule has 0 saturated carbocycles. The van der Waals surface area contributed by atoms with E-state index in [2.05, 4.69) is 15.4 Å². The predicted molar refractivity (Wildman–Crippen MR) is 117 cm³/mol. The summed E-state index contributed by atoms with van der Waals surface area (Å²) in [5, 5.41) is 9.22. The number of hydrogen-bond donors (Lipinski definition) is 1. The number of thiophene rings is 1. The first-order valence-corrected chi connectivity index (χ1v) is 10.9. The van der Waals surface area contributed by atoms with Crippen LogP contribution in [0.2, 0.25) is 0 Å². The van der Waals surface area contributed by atoms with Crippen LogP contribution >= 0.6 is 11.3 Å². The van der Waals surface area contributed by atoms with Gasteiger partial charge in [-0.25, -0.2) is 14.1 Å². The molecule has 0 radical (unpaired) electrons. The summed E-state index contributed by atoms with van der Waals surface area (Å²) in [6.45, 7) is 0.719. The van der Waals surface area contributed by atoms with Crippen LogP contribution in [0.1, 0.15) is 21.7 Å². The lowest BCUT2D eigenvalue weighted by molar-refractivity contribution is -0.0172. The molecule has 2 aromatic carbocycles. The van der Waals surface area contributed by atoms with Crippen molar-refractivity contribution < 1.29 is 18.7 Å². The molecule has 32 heavy (non-hydrogen) atoms. The summed E-state index contributed by atoms with van der Waals surface area (Å²) in [5.74, 6) is 0.542. The molecule has 0 spiro atoms. The summed E-state index contributed by atoms with van der Waals surface area (Å²) in [5.41, 5.74) is 2.17. The van der Waals surface area contributed by atoms with E-state index >= 15 is 0 Å². The monoisotopic (exact) mass is 450 g/mol. The molecule has 4 aromatic rings. The molecule has 1 aliphatic rings. The molecule has 9 heteroatoms. The van der Waals surface area contributed by atoms with Crippen molar-refractivity contribution in [3.05, 3.63) is 82.7 Å². The number of nitrogens with one attached hydrogen (secondary N) is 1. The molecule has 1 N–H and O–H groups in total. The van der Waals surface area contributed by atoms with E-state index in [0.29, 0.717) is 35.7 Å². The van der Waals surface area contributed by atoms with Gasteiger partial charge in [0.15, 0.2) is 12.6 Å². The fraction of sp³-hybridized carbons (Fsp3) is 0.174. The summed E-state index contributed by atoms with van der Waals surface area (Å²) in [4.78, 5) is 18.2. The van der Waals surface area contributed by atoms with Gasteiger partial charge in [0.05, 0.1) is 17.2 Å². The van der Waals surface area contributed by atoms with Crippen molar-refractivity contribution in [3.63, 3.8) is 0 Å². The lowest BCUT2D eigenvalue weighted by Gasteiger charge is -2.20. The average molecular weight is 450 g/mol. The van der Waals surface area contributed by atoms with Crippen LogP contribution in [-0.4, -0.2) is 34.0 Å². The molecule has 0 aliphatic carbocycles. The summed E-state index contributed by atoms with van der Waals surface area (Å²) < 4.78 is 26.3. The number of hydrogen-bond acceptors (Lipinski definition) is 6. The number of halogens is 1. The minimum absolute atomic E-state index is 0.0724. The molecule has 0 saturated heterocycles. The Balaban J connectivity index is 1.34. The van der Waals surface area contributed by atoms with Crippen molar-refractivity contribution in [2.75, 3.05) is 13.3 Å². The molecule has 0 fully saturated rings. The topological polar surface area (TPSA) is 78.3 Å². The Kier molecular flexibility index (Phi) is 5.66. The molecule has 1 amide bonds. The highest BCUT2D eigenvalue weighted by Gasteiger charge is 2.20. The first kappa shape index (κ1) is 20.3. The fourth-order valence-corrected chi connectivity index (χ4v) is 4.25. The van der Waals surface area contributed by atoms with Crippen molar-refractivity contribution in [1.29, 1.82) is 0 Å². The van der Waals surface area contributed by atoms with Crippen LogP contribution in [0.25, 0.3) is 16.4 Å². The van der Waals surface area contributed by atoms with Crippen LogP contribution in [0, 0.1) is 5.82 Å². The van der Waals surface area contributed by atoms with E-state index in [1.807, 2.05) is 47.8 Å². The van der Waals surface area contributed by atoms with Gasteiger partial charge < -0.3 is 14.8 Å². The summed E-state index contributed by atoms with van der Waals surface area (Å²) in [6, 6.07) is 16.2. The number of ether oxygens (including phenoxy) is 2. The average Bonchev–Trinajstić information content (AvgIpc) is 3.49. The summed E-state index contributed by atoms with van der Waals surface area (Å²) >= 11 is 1.52. The predicted octanol–water partition coefficient (Wildman–Crippen LogP) is 3.97. The van der Waals surface area contributed by atoms with Gasteiger partial charge >= 0.3 is 0 Å². The largest absolute Gasteiger partial charge is 0.467 e. The highest BCUT2D eigenvalue weighted by Crippen LogP contribution is 2.30. The third-order valence-corrected chi connectivity index (χ3v) is 5.85. The number of fused-ring (bicyclic) bond motifs is 1. The Morgan fingerprint density at radius 2 is 2.06 bits per heavy atom. The summed E-state index contributed by atoms with van der Waals surface area (Å²) in [6.07, 6.45) is 0.406. The smallest absolute Gasteiger partial charge is 0.291 e. The Labute approximate surface area is 187 Å². The normalized spacial score (nSPS) is 12.8. The van der Waals surface area contributed by atoms with Gasteiger partial charge in [-0.3, -0.25) is 4.79 Å². The van der Waals surface area contributed by atoms with Gasteiger partial charge in [-0.05, 0) is 47.7 Å². The zero-order valence-electron chi connectivity index (χ0n) is 17.0. The highest BCUT2D eigenvalue weighted by atomic mass is 32.1. The lowest BCUT2D eigenvalue weighted by atomic mass is 10.1. The Morgan fingerprint density at radius 3 is 2.88 bits per heavy atom. The second kappa shape index (κ2) is 8.89. The van der Waals surface area contributed by atoms with Gasteiger partial charge in [0.25, 0.3) is 5.91 Å². The Hall–Kier alpha value is -3.56. The van der Waals surface area contributed by atoms with E-state index in [9.17, 15) is 9.18 Å². The molecule has 0 unspecified atom stereocenters. The highest BCUT2D eigenvalue weighted by molar-refractivity contribution is 7.13. The number of rotatable bonds is 6. The van der Waals surface area contributed by atoms with Crippen LogP contribution < -0.4 is 10.1 Å². The molecule has 3 heterocycles. The molecule has 0 atom stereocenters. The van der Waals surface area contributed by atoms with Gasteiger partial charge in [-0.1, -0.05) is 24.3 Å². The molecule has 1 aliphatic heterocycles. The maximum atomic E-state index is 13.9. The molecule has 2 aromatic heterocycles. The third kappa shape index (κ3) is 4.12. The van der Waals surface area contributed by atoms with Gasteiger partial charge in [-0.15, -0.1) is 16.4 Å². The molecule has 5 rings (SSSR count). The van der Waals surface area contributed by atoms with Gasteiger partial charge in [0.2, 0.25) is 5.82 Å². The Bertz CT molecular complexity index is 1240. The van der Waals surface area contributed by atoms with E-state index in [4.69, 9.17) is 9.47 Å². The molecular formula is C23H19FN4O3S. The number of nitrogens with zero attached hydrogens (tertiary/aromatic N) is 3.